The lowest BCUT2D eigenvalue weighted by molar-refractivity contribution is -0.119. The smallest absolute Gasteiger partial charge is 0.230 e. The Labute approximate surface area is 140 Å². The first-order chi connectivity index (χ1) is 10.8. The highest BCUT2D eigenvalue weighted by molar-refractivity contribution is 7.99. The van der Waals surface area contributed by atoms with Crippen molar-refractivity contribution in [2.24, 2.45) is 7.05 Å². The molecule has 0 aliphatic heterocycles. The predicted molar refractivity (Wildman–Crippen MR) is 91.6 cm³/mol. The lowest BCUT2D eigenvalue weighted by atomic mass is 10.1. The van der Waals surface area contributed by atoms with Crippen LogP contribution in [0.2, 0.25) is 0 Å². The number of methoxy groups -OCH3 is 1. The molecule has 124 valence electrons. The Hall–Kier alpha value is -2.02. The molecule has 0 saturated carbocycles. The molecule has 2 aromatic rings. The third-order valence-electron chi connectivity index (χ3n) is 3.03. The van der Waals surface area contributed by atoms with E-state index in [0.717, 1.165) is 17.1 Å². The van der Waals surface area contributed by atoms with Crippen LogP contribution in [0.15, 0.2) is 29.4 Å². The fourth-order valence-corrected chi connectivity index (χ4v) is 2.73. The second-order valence-corrected chi connectivity index (χ2v) is 7.12. The Morgan fingerprint density at radius 1 is 1.26 bits per heavy atom. The van der Waals surface area contributed by atoms with Crippen molar-refractivity contribution in [2.75, 3.05) is 12.9 Å². The van der Waals surface area contributed by atoms with E-state index in [1.165, 1.54) is 11.8 Å². The first kappa shape index (κ1) is 17.3. The Balaban J connectivity index is 2.05. The van der Waals surface area contributed by atoms with Gasteiger partial charge < -0.3 is 14.6 Å². The van der Waals surface area contributed by atoms with Gasteiger partial charge >= 0.3 is 0 Å². The highest BCUT2D eigenvalue weighted by Crippen LogP contribution is 2.24. The van der Waals surface area contributed by atoms with Crippen LogP contribution in [0.1, 0.15) is 20.8 Å². The number of thioether (sulfide) groups is 1. The Morgan fingerprint density at radius 3 is 2.48 bits per heavy atom. The molecule has 0 unspecified atom stereocenters. The lowest BCUT2D eigenvalue weighted by Crippen LogP contribution is -2.41. The molecule has 0 bridgehead atoms. The van der Waals surface area contributed by atoms with Crippen molar-refractivity contribution in [1.29, 1.82) is 0 Å². The Bertz CT molecular complexity index is 674. The number of hydrogen-bond donors (Lipinski definition) is 1. The van der Waals surface area contributed by atoms with Gasteiger partial charge in [0.1, 0.15) is 5.75 Å². The van der Waals surface area contributed by atoms with Gasteiger partial charge in [-0.25, -0.2) is 0 Å². The summed E-state index contributed by atoms with van der Waals surface area (Å²) in [7, 11) is 3.53. The topological polar surface area (TPSA) is 69.0 Å². The van der Waals surface area contributed by atoms with Crippen molar-refractivity contribution >= 4 is 17.7 Å². The average Bonchev–Trinajstić information content (AvgIpc) is 2.84. The molecule has 6 nitrogen and oxygen atoms in total. The van der Waals surface area contributed by atoms with Gasteiger partial charge in [-0.3, -0.25) is 4.79 Å². The molecule has 1 heterocycles. The van der Waals surface area contributed by atoms with Crippen molar-refractivity contribution in [3.63, 3.8) is 0 Å². The van der Waals surface area contributed by atoms with E-state index in [9.17, 15) is 4.79 Å². The molecule has 1 N–H and O–H groups in total. The maximum absolute atomic E-state index is 11.9. The third-order valence-corrected chi connectivity index (χ3v) is 4.05. The fraction of sp³-hybridized carbons (Fsp3) is 0.438. The number of rotatable bonds is 5. The first-order valence-electron chi connectivity index (χ1n) is 7.28. The van der Waals surface area contributed by atoms with E-state index in [2.05, 4.69) is 15.5 Å². The number of amides is 1. The highest BCUT2D eigenvalue weighted by Gasteiger charge is 2.16. The van der Waals surface area contributed by atoms with Crippen LogP contribution in [-0.2, 0) is 11.8 Å². The molecule has 1 aromatic carbocycles. The minimum absolute atomic E-state index is 0.0171. The van der Waals surface area contributed by atoms with Gasteiger partial charge in [-0.05, 0) is 45.0 Å². The molecule has 7 heteroatoms. The van der Waals surface area contributed by atoms with Gasteiger partial charge in [0.25, 0.3) is 0 Å². The lowest BCUT2D eigenvalue weighted by Gasteiger charge is -2.20. The number of aromatic nitrogens is 3. The zero-order chi connectivity index (χ0) is 17.0. The second-order valence-electron chi connectivity index (χ2n) is 6.18. The van der Waals surface area contributed by atoms with Crippen LogP contribution >= 0.6 is 11.8 Å². The largest absolute Gasteiger partial charge is 0.497 e. The molecule has 1 aromatic heterocycles. The van der Waals surface area contributed by atoms with Gasteiger partial charge in [0.15, 0.2) is 11.0 Å². The number of benzene rings is 1. The first-order valence-corrected chi connectivity index (χ1v) is 8.26. The number of ether oxygens (including phenoxy) is 1. The van der Waals surface area contributed by atoms with Gasteiger partial charge in [0.05, 0.1) is 12.9 Å². The van der Waals surface area contributed by atoms with Crippen LogP contribution in [-0.4, -0.2) is 39.1 Å². The van der Waals surface area contributed by atoms with E-state index in [1.54, 1.807) is 7.11 Å². The summed E-state index contributed by atoms with van der Waals surface area (Å²) in [6.45, 7) is 5.87. The monoisotopic (exact) mass is 334 g/mol. The van der Waals surface area contributed by atoms with Crippen LogP contribution in [0.3, 0.4) is 0 Å². The van der Waals surface area contributed by atoms with Crippen molar-refractivity contribution in [1.82, 2.24) is 20.1 Å². The normalized spacial score (nSPS) is 11.3. The van der Waals surface area contributed by atoms with Crippen molar-refractivity contribution in [2.45, 2.75) is 31.5 Å². The van der Waals surface area contributed by atoms with E-state index in [1.807, 2.05) is 56.7 Å². The maximum atomic E-state index is 11.9. The van der Waals surface area contributed by atoms with Crippen LogP contribution in [0.4, 0.5) is 0 Å². The van der Waals surface area contributed by atoms with Crippen LogP contribution < -0.4 is 10.1 Å². The third kappa shape index (κ3) is 4.72. The van der Waals surface area contributed by atoms with Crippen molar-refractivity contribution in [3.05, 3.63) is 24.3 Å². The minimum atomic E-state index is -0.230. The number of carbonyl (C=O) groups is 1. The van der Waals surface area contributed by atoms with E-state index in [0.29, 0.717) is 10.9 Å². The molecular formula is C16H22N4O2S. The molecule has 0 fully saturated rings. The molecule has 2 rings (SSSR count). The summed E-state index contributed by atoms with van der Waals surface area (Å²) in [4.78, 5) is 11.9. The summed E-state index contributed by atoms with van der Waals surface area (Å²) >= 11 is 1.37. The summed E-state index contributed by atoms with van der Waals surface area (Å²) in [6, 6.07) is 7.63. The minimum Gasteiger partial charge on any atom is -0.497 e. The predicted octanol–water partition coefficient (Wildman–Crippen LogP) is 2.50. The molecule has 0 aliphatic rings. The van der Waals surface area contributed by atoms with E-state index >= 15 is 0 Å². The summed E-state index contributed by atoms with van der Waals surface area (Å²) < 4.78 is 7.04. The van der Waals surface area contributed by atoms with E-state index in [4.69, 9.17) is 4.74 Å². The van der Waals surface area contributed by atoms with Gasteiger partial charge in [-0.2, -0.15) is 0 Å². The molecule has 23 heavy (non-hydrogen) atoms. The van der Waals surface area contributed by atoms with Crippen LogP contribution in [0, 0.1) is 0 Å². The standard InChI is InChI=1S/C16H22N4O2S/c1-16(2,3)17-13(21)10-23-15-19-18-14(20(15)4)11-6-8-12(22-5)9-7-11/h6-9H,10H2,1-5H3,(H,17,21). The van der Waals surface area contributed by atoms with Crippen molar-refractivity contribution in [3.8, 4) is 17.1 Å². The SMILES string of the molecule is COc1ccc(-c2nnc(SCC(=O)NC(C)(C)C)n2C)cc1. The highest BCUT2D eigenvalue weighted by atomic mass is 32.2. The number of nitrogens with zero attached hydrogens (tertiary/aromatic N) is 3. The molecule has 0 atom stereocenters. The van der Waals surface area contributed by atoms with Gasteiger partial charge in [0.2, 0.25) is 5.91 Å². The number of nitrogens with one attached hydrogen (secondary N) is 1. The van der Waals surface area contributed by atoms with Crippen LogP contribution in [0.25, 0.3) is 11.4 Å². The molecule has 0 radical (unpaired) electrons. The average molecular weight is 334 g/mol. The Morgan fingerprint density at radius 2 is 1.91 bits per heavy atom. The van der Waals surface area contributed by atoms with Gasteiger partial charge in [-0.1, -0.05) is 11.8 Å². The zero-order valence-corrected chi connectivity index (χ0v) is 14.9. The Kier molecular flexibility index (Phi) is 5.30. The van der Waals surface area contributed by atoms with E-state index in [-0.39, 0.29) is 11.4 Å². The second kappa shape index (κ2) is 7.04. The summed E-state index contributed by atoms with van der Waals surface area (Å²) in [5.74, 6) is 1.85. The van der Waals surface area contributed by atoms with E-state index < -0.39 is 0 Å². The van der Waals surface area contributed by atoms with Crippen molar-refractivity contribution < 1.29 is 9.53 Å². The number of carbonyl (C=O) groups excluding carboxylic acids is 1. The molecular weight excluding hydrogens is 312 g/mol. The molecule has 0 spiro atoms. The maximum Gasteiger partial charge on any atom is 0.230 e. The molecule has 0 aliphatic carbocycles. The van der Waals surface area contributed by atoms with Gasteiger partial charge in [-0.15, -0.1) is 10.2 Å². The summed E-state index contributed by atoms with van der Waals surface area (Å²) in [5.41, 5.74) is 0.720. The summed E-state index contributed by atoms with van der Waals surface area (Å²) in [6.07, 6.45) is 0. The summed E-state index contributed by atoms with van der Waals surface area (Å²) in [5, 5.41) is 12.0. The van der Waals surface area contributed by atoms with Gasteiger partial charge in [0, 0.05) is 18.2 Å². The zero-order valence-electron chi connectivity index (χ0n) is 14.1. The molecule has 0 saturated heterocycles. The quantitative estimate of drug-likeness (QED) is 0.851. The molecule has 1 amide bonds. The van der Waals surface area contributed by atoms with Crippen LogP contribution in [0.5, 0.6) is 5.75 Å². The number of hydrogen-bond acceptors (Lipinski definition) is 5. The fourth-order valence-electron chi connectivity index (χ4n) is 2.02.